The molecule has 36 heavy (non-hydrogen) atoms. The minimum Gasteiger partial charge on any atom is -0.354 e. The fourth-order valence-corrected chi connectivity index (χ4v) is 4.35. The van der Waals surface area contributed by atoms with Crippen molar-refractivity contribution in [3.05, 3.63) is 65.7 Å². The van der Waals surface area contributed by atoms with Gasteiger partial charge >= 0.3 is 6.03 Å². The van der Waals surface area contributed by atoms with Gasteiger partial charge in [0.25, 0.3) is 5.91 Å². The van der Waals surface area contributed by atoms with Gasteiger partial charge in [0.2, 0.25) is 11.8 Å². The molecule has 0 aliphatic carbocycles. The van der Waals surface area contributed by atoms with E-state index in [-0.39, 0.29) is 37.2 Å². The number of anilines is 1. The third-order valence-corrected chi connectivity index (χ3v) is 6.40. The molecule has 2 aromatic carbocycles. The molecule has 2 aromatic rings. The summed E-state index contributed by atoms with van der Waals surface area (Å²) in [5.41, 5.74) is 1.48. The molecule has 2 saturated heterocycles. The summed E-state index contributed by atoms with van der Waals surface area (Å²) in [5.74, 6) is -1.13. The van der Waals surface area contributed by atoms with Gasteiger partial charge < -0.3 is 25.8 Å². The zero-order valence-corrected chi connectivity index (χ0v) is 20.0. The second kappa shape index (κ2) is 11.0. The molecule has 0 aromatic heterocycles. The van der Waals surface area contributed by atoms with Gasteiger partial charge in [0.1, 0.15) is 12.1 Å². The highest BCUT2D eigenvalue weighted by Gasteiger charge is 2.39. The van der Waals surface area contributed by atoms with Crippen LogP contribution in [0.5, 0.6) is 0 Å². The lowest BCUT2D eigenvalue weighted by atomic mass is 10.0. The number of benzene rings is 2. The first-order chi connectivity index (χ1) is 17.3. The maximum Gasteiger partial charge on any atom is 0.321 e. The number of nitrogens with zero attached hydrogens (tertiary/aromatic N) is 2. The van der Waals surface area contributed by atoms with E-state index >= 15 is 0 Å². The van der Waals surface area contributed by atoms with Gasteiger partial charge in [-0.2, -0.15) is 0 Å². The maximum atomic E-state index is 13.3. The molecule has 0 bridgehead atoms. The Hall–Kier alpha value is -4.21. The number of hydrogen-bond acceptors (Lipinski definition) is 5. The van der Waals surface area contributed by atoms with Crippen molar-refractivity contribution in [1.29, 1.82) is 0 Å². The molecule has 10 nitrogen and oxygen atoms in total. The molecule has 2 aliphatic heterocycles. The van der Waals surface area contributed by atoms with Crippen LogP contribution in [0.3, 0.4) is 0 Å². The van der Waals surface area contributed by atoms with Crippen molar-refractivity contribution in [3.63, 3.8) is 0 Å². The lowest BCUT2D eigenvalue weighted by Gasteiger charge is -2.41. The van der Waals surface area contributed by atoms with E-state index in [9.17, 15) is 24.0 Å². The number of rotatable bonds is 5. The molecule has 5 amide bonds. The normalized spacial score (nSPS) is 19.8. The Morgan fingerprint density at radius 3 is 2.33 bits per heavy atom. The van der Waals surface area contributed by atoms with Crippen molar-refractivity contribution in [2.24, 2.45) is 0 Å². The Kier molecular flexibility index (Phi) is 7.62. The largest absolute Gasteiger partial charge is 0.354 e. The van der Waals surface area contributed by atoms with E-state index in [0.29, 0.717) is 29.8 Å². The topological polar surface area (TPSA) is 128 Å². The molecule has 0 unspecified atom stereocenters. The third-order valence-electron chi connectivity index (χ3n) is 6.40. The van der Waals surface area contributed by atoms with Crippen molar-refractivity contribution < 1.29 is 24.0 Å². The van der Waals surface area contributed by atoms with Gasteiger partial charge in [0.15, 0.2) is 5.78 Å². The Bertz CT molecular complexity index is 1150. The standard InChI is InChI=1S/C26H29N5O5/c1-17(32)18-9-11-20(12-10-18)28-26(36)30-14-15-31(25(35)19-6-3-2-4-7-19)22(16-30)24(34)29-21-8-5-13-27-23(21)33/h2-4,6-7,9-12,21-22H,5,8,13-16H2,1H3,(H,27,33)(H,28,36)(H,29,34)/t21-,22-/m0/s1. The molecule has 2 atom stereocenters. The van der Waals surface area contributed by atoms with Crippen molar-refractivity contribution >= 4 is 35.2 Å². The zero-order chi connectivity index (χ0) is 25.7. The SMILES string of the molecule is CC(=O)c1ccc(NC(=O)N2CCN(C(=O)c3ccccc3)[C@H](C(=O)N[C@H]3CCCNC3=O)C2)cc1. The van der Waals surface area contributed by atoms with Crippen LogP contribution in [0, 0.1) is 0 Å². The van der Waals surface area contributed by atoms with E-state index < -0.39 is 24.0 Å². The van der Waals surface area contributed by atoms with Crippen molar-refractivity contribution in [2.75, 3.05) is 31.5 Å². The number of hydrogen-bond donors (Lipinski definition) is 3. The molecule has 2 heterocycles. The van der Waals surface area contributed by atoms with Crippen molar-refractivity contribution in [2.45, 2.75) is 31.8 Å². The van der Waals surface area contributed by atoms with Crippen LogP contribution in [0.4, 0.5) is 10.5 Å². The van der Waals surface area contributed by atoms with Crippen LogP contribution in [0.25, 0.3) is 0 Å². The second-order valence-electron chi connectivity index (χ2n) is 8.88. The summed E-state index contributed by atoms with van der Waals surface area (Å²) in [6, 6.07) is 13.1. The number of carbonyl (C=O) groups is 5. The van der Waals surface area contributed by atoms with Gasteiger partial charge in [-0.05, 0) is 56.2 Å². The smallest absolute Gasteiger partial charge is 0.321 e. The van der Waals surface area contributed by atoms with E-state index in [0.717, 1.165) is 6.42 Å². The van der Waals surface area contributed by atoms with Gasteiger partial charge in [-0.3, -0.25) is 19.2 Å². The summed E-state index contributed by atoms with van der Waals surface area (Å²) in [7, 11) is 0. The van der Waals surface area contributed by atoms with Crippen LogP contribution in [0.2, 0.25) is 0 Å². The summed E-state index contributed by atoms with van der Waals surface area (Å²) < 4.78 is 0. The summed E-state index contributed by atoms with van der Waals surface area (Å²) in [6.07, 6.45) is 1.25. The van der Waals surface area contributed by atoms with Crippen molar-refractivity contribution in [3.8, 4) is 0 Å². The van der Waals surface area contributed by atoms with Crippen LogP contribution in [0.1, 0.15) is 40.5 Å². The van der Waals surface area contributed by atoms with Crippen LogP contribution in [0.15, 0.2) is 54.6 Å². The molecule has 0 radical (unpaired) electrons. The van der Waals surface area contributed by atoms with Gasteiger partial charge in [0, 0.05) is 36.4 Å². The summed E-state index contributed by atoms with van der Waals surface area (Å²) in [5, 5.41) is 8.28. The molecule has 4 rings (SSSR count). The van der Waals surface area contributed by atoms with Crippen LogP contribution < -0.4 is 16.0 Å². The summed E-state index contributed by atoms with van der Waals surface area (Å²) in [6.45, 7) is 2.37. The van der Waals surface area contributed by atoms with E-state index in [2.05, 4.69) is 16.0 Å². The number of nitrogens with one attached hydrogen (secondary N) is 3. The lowest BCUT2D eigenvalue weighted by molar-refractivity contribution is -0.133. The molecule has 0 spiro atoms. The molecule has 2 fully saturated rings. The van der Waals surface area contributed by atoms with E-state index in [1.54, 1.807) is 54.6 Å². The summed E-state index contributed by atoms with van der Waals surface area (Å²) >= 11 is 0. The number of urea groups is 1. The van der Waals surface area contributed by atoms with Gasteiger partial charge in [0.05, 0.1) is 6.54 Å². The number of Topliss-reactive ketones (excluding diaryl/α,β-unsaturated/α-hetero) is 1. The lowest BCUT2D eigenvalue weighted by Crippen LogP contribution is -2.64. The van der Waals surface area contributed by atoms with Crippen LogP contribution in [-0.2, 0) is 9.59 Å². The monoisotopic (exact) mass is 491 g/mol. The fraction of sp³-hybridized carbons (Fsp3) is 0.346. The van der Waals surface area contributed by atoms with Gasteiger partial charge in [-0.1, -0.05) is 18.2 Å². The third kappa shape index (κ3) is 5.70. The van der Waals surface area contributed by atoms with Crippen molar-refractivity contribution in [1.82, 2.24) is 20.4 Å². The second-order valence-corrected chi connectivity index (χ2v) is 8.88. The molecule has 2 aliphatic rings. The molecule has 10 heteroatoms. The molecule has 3 N–H and O–H groups in total. The quantitative estimate of drug-likeness (QED) is 0.548. The number of carbonyl (C=O) groups excluding carboxylic acids is 5. The number of piperidine rings is 1. The first kappa shape index (κ1) is 24.9. The minimum absolute atomic E-state index is 0.0316. The number of piperazine rings is 1. The highest BCUT2D eigenvalue weighted by atomic mass is 16.2. The Morgan fingerprint density at radius 1 is 0.944 bits per heavy atom. The maximum absolute atomic E-state index is 13.3. The molecule has 0 saturated carbocycles. The number of ketones is 1. The summed E-state index contributed by atoms with van der Waals surface area (Å²) in [4.78, 5) is 66.2. The fourth-order valence-electron chi connectivity index (χ4n) is 4.35. The predicted octanol–water partition coefficient (Wildman–Crippen LogP) is 1.64. The highest BCUT2D eigenvalue weighted by Crippen LogP contribution is 2.18. The van der Waals surface area contributed by atoms with Gasteiger partial charge in [-0.15, -0.1) is 0 Å². The molecular formula is C26H29N5O5. The zero-order valence-electron chi connectivity index (χ0n) is 20.0. The highest BCUT2D eigenvalue weighted by molar-refractivity contribution is 5.99. The Morgan fingerprint density at radius 2 is 1.67 bits per heavy atom. The van der Waals surface area contributed by atoms with Gasteiger partial charge in [-0.25, -0.2) is 4.79 Å². The Balaban J connectivity index is 1.50. The van der Waals surface area contributed by atoms with E-state index in [1.165, 1.54) is 16.7 Å². The van der Waals surface area contributed by atoms with E-state index in [1.807, 2.05) is 0 Å². The van der Waals surface area contributed by atoms with Crippen LogP contribution >= 0.6 is 0 Å². The Labute approximate surface area is 209 Å². The first-order valence-electron chi connectivity index (χ1n) is 11.9. The van der Waals surface area contributed by atoms with E-state index in [4.69, 9.17) is 0 Å². The van der Waals surface area contributed by atoms with Crippen LogP contribution in [-0.4, -0.2) is 77.6 Å². The average Bonchev–Trinajstić information content (AvgIpc) is 2.90. The molecular weight excluding hydrogens is 462 g/mol. The first-order valence-corrected chi connectivity index (χ1v) is 11.9. The predicted molar refractivity (Wildman–Crippen MR) is 132 cm³/mol. The minimum atomic E-state index is -0.966. The average molecular weight is 492 g/mol. The number of amides is 5. The molecule has 188 valence electrons.